The van der Waals surface area contributed by atoms with Crippen LogP contribution in [0.25, 0.3) is 0 Å². The zero-order valence-corrected chi connectivity index (χ0v) is 13.3. The zero-order valence-electron chi connectivity index (χ0n) is 12.5. The SMILES string of the molecule is Cc1ncsc1C(=O)N[C@@H]1CCc2nnc(C(C)C)n2C1. The standard InChI is InChI=1S/C14H19N5OS/c1-8(2)13-18-17-11-5-4-10(6-19(11)13)16-14(20)12-9(3)15-7-21-12/h7-8,10H,4-6H2,1-3H3,(H,16,20)/t10-/m1/s1. The molecular weight excluding hydrogens is 286 g/mol. The van der Waals surface area contributed by atoms with E-state index in [2.05, 4.69) is 38.9 Å². The van der Waals surface area contributed by atoms with Crippen LogP contribution in [-0.4, -0.2) is 31.7 Å². The Balaban J connectivity index is 1.73. The van der Waals surface area contributed by atoms with Crippen molar-refractivity contribution in [1.82, 2.24) is 25.1 Å². The van der Waals surface area contributed by atoms with E-state index in [0.717, 1.165) is 36.7 Å². The number of hydrogen-bond acceptors (Lipinski definition) is 5. The molecule has 0 spiro atoms. The van der Waals surface area contributed by atoms with Crippen LogP contribution in [0.2, 0.25) is 0 Å². The largest absolute Gasteiger partial charge is 0.347 e. The zero-order chi connectivity index (χ0) is 15.0. The molecule has 2 aromatic heterocycles. The van der Waals surface area contributed by atoms with Crippen molar-refractivity contribution in [1.29, 1.82) is 0 Å². The fourth-order valence-electron chi connectivity index (χ4n) is 2.66. The van der Waals surface area contributed by atoms with E-state index in [1.54, 1.807) is 5.51 Å². The topological polar surface area (TPSA) is 72.7 Å². The molecule has 2 aromatic rings. The number of rotatable bonds is 3. The van der Waals surface area contributed by atoms with Crippen LogP contribution >= 0.6 is 11.3 Å². The Morgan fingerprint density at radius 1 is 1.48 bits per heavy atom. The van der Waals surface area contributed by atoms with Gasteiger partial charge in [0.2, 0.25) is 0 Å². The monoisotopic (exact) mass is 305 g/mol. The molecule has 1 N–H and O–H groups in total. The lowest BCUT2D eigenvalue weighted by Crippen LogP contribution is -2.41. The number of hydrogen-bond donors (Lipinski definition) is 1. The smallest absolute Gasteiger partial charge is 0.263 e. The molecule has 0 unspecified atom stereocenters. The summed E-state index contributed by atoms with van der Waals surface area (Å²) in [5.74, 6) is 2.34. The molecule has 1 aliphatic rings. The van der Waals surface area contributed by atoms with Gasteiger partial charge in [0, 0.05) is 24.9 Å². The molecule has 6 nitrogen and oxygen atoms in total. The van der Waals surface area contributed by atoms with Crippen molar-refractivity contribution in [2.24, 2.45) is 0 Å². The number of nitrogens with zero attached hydrogens (tertiary/aromatic N) is 4. The van der Waals surface area contributed by atoms with Gasteiger partial charge >= 0.3 is 0 Å². The van der Waals surface area contributed by atoms with Gasteiger partial charge in [0.15, 0.2) is 0 Å². The van der Waals surface area contributed by atoms with Crippen molar-refractivity contribution in [2.45, 2.75) is 52.1 Å². The highest BCUT2D eigenvalue weighted by molar-refractivity contribution is 7.11. The summed E-state index contributed by atoms with van der Waals surface area (Å²) in [5, 5.41) is 11.6. The predicted octanol–water partition coefficient (Wildman–Crippen LogP) is 1.91. The summed E-state index contributed by atoms with van der Waals surface area (Å²) >= 11 is 1.39. The van der Waals surface area contributed by atoms with E-state index in [9.17, 15) is 4.79 Å². The molecule has 0 radical (unpaired) electrons. The molecule has 0 aliphatic carbocycles. The molecule has 3 rings (SSSR count). The van der Waals surface area contributed by atoms with Crippen molar-refractivity contribution < 1.29 is 4.79 Å². The summed E-state index contributed by atoms with van der Waals surface area (Å²) in [4.78, 5) is 17.1. The van der Waals surface area contributed by atoms with Gasteiger partial charge in [0.25, 0.3) is 5.91 Å². The molecule has 0 fully saturated rings. The van der Waals surface area contributed by atoms with Crippen LogP contribution in [0.1, 0.15) is 53.2 Å². The van der Waals surface area contributed by atoms with Crippen molar-refractivity contribution in [3.8, 4) is 0 Å². The Hall–Kier alpha value is -1.76. The Morgan fingerprint density at radius 2 is 2.29 bits per heavy atom. The molecule has 21 heavy (non-hydrogen) atoms. The third kappa shape index (κ3) is 2.70. The number of aryl methyl sites for hydroxylation is 2. The fraction of sp³-hybridized carbons (Fsp3) is 0.571. The summed E-state index contributed by atoms with van der Waals surface area (Å²) in [7, 11) is 0. The normalized spacial score (nSPS) is 17.8. The van der Waals surface area contributed by atoms with Crippen molar-refractivity contribution in [3.63, 3.8) is 0 Å². The number of thiazole rings is 1. The number of amides is 1. The van der Waals surface area contributed by atoms with Gasteiger partial charge in [0.1, 0.15) is 16.5 Å². The summed E-state index contributed by atoms with van der Waals surface area (Å²) in [5.41, 5.74) is 2.50. The number of nitrogens with one attached hydrogen (secondary N) is 1. The van der Waals surface area contributed by atoms with E-state index in [4.69, 9.17) is 0 Å². The first-order valence-corrected chi connectivity index (χ1v) is 8.07. The molecular formula is C14H19N5OS. The predicted molar refractivity (Wildman–Crippen MR) is 80.5 cm³/mol. The van der Waals surface area contributed by atoms with Crippen LogP contribution in [0.15, 0.2) is 5.51 Å². The minimum absolute atomic E-state index is 0.0254. The maximum absolute atomic E-state index is 12.3. The van der Waals surface area contributed by atoms with Gasteiger partial charge in [0.05, 0.1) is 11.2 Å². The highest BCUT2D eigenvalue weighted by Crippen LogP contribution is 2.21. The van der Waals surface area contributed by atoms with Gasteiger partial charge in [-0.2, -0.15) is 0 Å². The van der Waals surface area contributed by atoms with E-state index in [0.29, 0.717) is 10.8 Å². The molecule has 1 atom stereocenters. The van der Waals surface area contributed by atoms with Crippen molar-refractivity contribution in [2.75, 3.05) is 0 Å². The van der Waals surface area contributed by atoms with Gasteiger partial charge in [-0.3, -0.25) is 4.79 Å². The molecule has 0 aromatic carbocycles. The Labute approximate surface area is 127 Å². The van der Waals surface area contributed by atoms with Crippen molar-refractivity contribution >= 4 is 17.2 Å². The van der Waals surface area contributed by atoms with E-state index in [1.807, 2.05) is 6.92 Å². The first kappa shape index (κ1) is 14.2. The molecule has 0 saturated carbocycles. The number of fused-ring (bicyclic) bond motifs is 1. The first-order valence-electron chi connectivity index (χ1n) is 7.19. The molecule has 1 amide bonds. The van der Waals surface area contributed by atoms with Crippen LogP contribution in [-0.2, 0) is 13.0 Å². The van der Waals surface area contributed by atoms with Crippen LogP contribution in [0.3, 0.4) is 0 Å². The van der Waals surface area contributed by atoms with E-state index in [1.165, 1.54) is 11.3 Å². The summed E-state index contributed by atoms with van der Waals surface area (Å²) < 4.78 is 2.15. The average Bonchev–Trinajstić information content (AvgIpc) is 3.04. The fourth-order valence-corrected chi connectivity index (χ4v) is 3.37. The lowest BCUT2D eigenvalue weighted by Gasteiger charge is -2.25. The van der Waals surface area contributed by atoms with Crippen LogP contribution in [0, 0.1) is 6.92 Å². The second-order valence-electron chi connectivity index (χ2n) is 5.72. The van der Waals surface area contributed by atoms with Gasteiger partial charge < -0.3 is 9.88 Å². The van der Waals surface area contributed by atoms with Gasteiger partial charge in [-0.25, -0.2) is 4.98 Å². The first-order chi connectivity index (χ1) is 10.1. The Morgan fingerprint density at radius 3 is 2.95 bits per heavy atom. The lowest BCUT2D eigenvalue weighted by molar-refractivity contribution is 0.0930. The minimum Gasteiger partial charge on any atom is -0.347 e. The van der Waals surface area contributed by atoms with Crippen molar-refractivity contribution in [3.05, 3.63) is 27.7 Å². The molecule has 1 aliphatic heterocycles. The van der Waals surface area contributed by atoms with Gasteiger partial charge in [-0.1, -0.05) is 13.8 Å². The number of carbonyl (C=O) groups is 1. The van der Waals surface area contributed by atoms with E-state index in [-0.39, 0.29) is 11.9 Å². The Bertz CT molecular complexity index is 660. The van der Waals surface area contributed by atoms with E-state index >= 15 is 0 Å². The van der Waals surface area contributed by atoms with E-state index < -0.39 is 0 Å². The van der Waals surface area contributed by atoms with Crippen LogP contribution in [0.4, 0.5) is 0 Å². The maximum Gasteiger partial charge on any atom is 0.263 e. The van der Waals surface area contributed by atoms with Crippen LogP contribution < -0.4 is 5.32 Å². The Kier molecular flexibility index (Phi) is 3.75. The highest BCUT2D eigenvalue weighted by Gasteiger charge is 2.25. The summed E-state index contributed by atoms with van der Waals surface area (Å²) in [6.45, 7) is 6.83. The average molecular weight is 305 g/mol. The second-order valence-corrected chi connectivity index (χ2v) is 6.57. The second kappa shape index (κ2) is 5.55. The highest BCUT2D eigenvalue weighted by atomic mass is 32.1. The summed E-state index contributed by atoms with van der Waals surface area (Å²) in [6, 6.07) is 0.125. The quantitative estimate of drug-likeness (QED) is 0.940. The lowest BCUT2D eigenvalue weighted by atomic mass is 10.1. The molecule has 112 valence electrons. The molecule has 3 heterocycles. The third-order valence-electron chi connectivity index (χ3n) is 3.78. The third-order valence-corrected chi connectivity index (χ3v) is 4.71. The summed E-state index contributed by atoms with van der Waals surface area (Å²) in [6.07, 6.45) is 1.76. The number of aromatic nitrogens is 4. The number of carbonyl (C=O) groups excluding carboxylic acids is 1. The molecule has 7 heteroatoms. The van der Waals surface area contributed by atoms with Crippen LogP contribution in [0.5, 0.6) is 0 Å². The maximum atomic E-state index is 12.3. The molecule has 0 bridgehead atoms. The van der Waals surface area contributed by atoms with Gasteiger partial charge in [-0.15, -0.1) is 21.5 Å². The minimum atomic E-state index is -0.0254. The molecule has 0 saturated heterocycles. The van der Waals surface area contributed by atoms with Gasteiger partial charge in [-0.05, 0) is 13.3 Å².